The van der Waals surface area contributed by atoms with Crippen molar-refractivity contribution in [1.29, 1.82) is 0 Å². The van der Waals surface area contributed by atoms with Crippen molar-refractivity contribution in [2.24, 2.45) is 11.5 Å². The van der Waals surface area contributed by atoms with Gasteiger partial charge in [-0.15, -0.1) is 0 Å². The third-order valence-electron chi connectivity index (χ3n) is 2.90. The summed E-state index contributed by atoms with van der Waals surface area (Å²) in [5, 5.41) is 0. The maximum atomic E-state index is 6.12. The maximum Gasteiger partial charge on any atom is 0.120 e. The molecule has 0 saturated heterocycles. The van der Waals surface area contributed by atoms with Crippen LogP contribution in [0.1, 0.15) is 26.7 Å². The molecule has 0 spiro atoms. The topological polar surface area (TPSA) is 64.5 Å². The molecular weight excluding hydrogens is 214 g/mol. The summed E-state index contributed by atoms with van der Waals surface area (Å²) in [6, 6.07) is 7.83. The summed E-state index contributed by atoms with van der Waals surface area (Å²) < 4.78 is 5.22. The molecule has 0 amide bonds. The van der Waals surface area contributed by atoms with Gasteiger partial charge in [-0.25, -0.2) is 0 Å². The highest BCUT2D eigenvalue weighted by Gasteiger charge is 2.19. The standard InChI is InChI=1S/C13H23N3O/c1-4-12(14)16(13(15)5-2)10-7-6-8-11(9-10)17-3/h6-9,12-13H,4-5,14-15H2,1-3H3. The van der Waals surface area contributed by atoms with Gasteiger partial charge in [0.05, 0.1) is 19.4 Å². The minimum Gasteiger partial charge on any atom is -0.497 e. The molecule has 17 heavy (non-hydrogen) atoms. The van der Waals surface area contributed by atoms with E-state index in [0.717, 1.165) is 24.3 Å². The van der Waals surface area contributed by atoms with E-state index in [4.69, 9.17) is 16.2 Å². The van der Waals surface area contributed by atoms with Crippen molar-refractivity contribution in [3.8, 4) is 5.75 Å². The molecule has 4 N–H and O–H groups in total. The first-order valence-corrected chi connectivity index (χ1v) is 6.07. The van der Waals surface area contributed by atoms with Crippen molar-refractivity contribution in [3.63, 3.8) is 0 Å². The SMILES string of the molecule is CCC(N)N(c1cccc(OC)c1)C(N)CC. The second-order valence-corrected chi connectivity index (χ2v) is 4.06. The smallest absolute Gasteiger partial charge is 0.120 e. The predicted molar refractivity (Wildman–Crippen MR) is 72.0 cm³/mol. The normalized spacial score (nSPS) is 14.2. The Kier molecular flexibility index (Phi) is 5.25. The lowest BCUT2D eigenvalue weighted by molar-refractivity contribution is 0.414. The van der Waals surface area contributed by atoms with Gasteiger partial charge in [0.2, 0.25) is 0 Å². The fourth-order valence-electron chi connectivity index (χ4n) is 1.79. The van der Waals surface area contributed by atoms with E-state index in [1.54, 1.807) is 7.11 Å². The second-order valence-electron chi connectivity index (χ2n) is 4.06. The van der Waals surface area contributed by atoms with Gasteiger partial charge in [-0.1, -0.05) is 19.9 Å². The summed E-state index contributed by atoms with van der Waals surface area (Å²) >= 11 is 0. The number of hydrogen-bond donors (Lipinski definition) is 2. The first kappa shape index (κ1) is 13.8. The fourth-order valence-corrected chi connectivity index (χ4v) is 1.79. The highest BCUT2D eigenvalue weighted by atomic mass is 16.5. The number of hydrogen-bond acceptors (Lipinski definition) is 4. The molecule has 0 bridgehead atoms. The maximum absolute atomic E-state index is 6.12. The van der Waals surface area contributed by atoms with Crippen molar-refractivity contribution < 1.29 is 4.74 Å². The molecule has 1 rings (SSSR count). The molecule has 4 heteroatoms. The Morgan fingerprint density at radius 3 is 2.24 bits per heavy atom. The van der Waals surface area contributed by atoms with Crippen molar-refractivity contribution in [3.05, 3.63) is 24.3 Å². The van der Waals surface area contributed by atoms with E-state index in [2.05, 4.69) is 13.8 Å². The lowest BCUT2D eigenvalue weighted by atomic mass is 10.2. The molecule has 0 heterocycles. The molecule has 1 aromatic rings. The third-order valence-corrected chi connectivity index (χ3v) is 2.90. The largest absolute Gasteiger partial charge is 0.497 e. The lowest BCUT2D eigenvalue weighted by Gasteiger charge is -2.35. The minimum atomic E-state index is -0.0722. The number of methoxy groups -OCH3 is 1. The van der Waals surface area contributed by atoms with Gasteiger partial charge >= 0.3 is 0 Å². The van der Waals surface area contributed by atoms with Gasteiger partial charge in [-0.2, -0.15) is 0 Å². The molecule has 0 saturated carbocycles. The Bertz CT molecular complexity index is 333. The Morgan fingerprint density at radius 1 is 1.18 bits per heavy atom. The molecule has 0 fully saturated rings. The molecule has 2 unspecified atom stereocenters. The van der Waals surface area contributed by atoms with E-state index in [0.29, 0.717) is 0 Å². The van der Waals surface area contributed by atoms with Crippen molar-refractivity contribution in [1.82, 2.24) is 0 Å². The van der Waals surface area contributed by atoms with Crippen LogP contribution in [0, 0.1) is 0 Å². The van der Waals surface area contributed by atoms with Crippen LogP contribution in [0.5, 0.6) is 5.75 Å². The second kappa shape index (κ2) is 6.47. The van der Waals surface area contributed by atoms with Crippen LogP contribution in [-0.2, 0) is 0 Å². The Labute approximate surface area is 104 Å². The molecular formula is C13H23N3O. The monoisotopic (exact) mass is 237 g/mol. The Morgan fingerprint density at radius 2 is 1.76 bits per heavy atom. The van der Waals surface area contributed by atoms with E-state index >= 15 is 0 Å². The van der Waals surface area contributed by atoms with Crippen LogP contribution in [0.15, 0.2) is 24.3 Å². The van der Waals surface area contributed by atoms with Gasteiger partial charge < -0.3 is 21.1 Å². The van der Waals surface area contributed by atoms with Crippen LogP contribution in [-0.4, -0.2) is 19.4 Å². The molecule has 96 valence electrons. The van der Waals surface area contributed by atoms with Crippen molar-refractivity contribution in [2.45, 2.75) is 39.0 Å². The predicted octanol–water partition coefficient (Wildman–Crippen LogP) is 1.89. The van der Waals surface area contributed by atoms with E-state index in [1.165, 1.54) is 0 Å². The zero-order chi connectivity index (χ0) is 12.8. The zero-order valence-corrected chi connectivity index (χ0v) is 10.9. The number of rotatable bonds is 6. The molecule has 0 aromatic heterocycles. The van der Waals surface area contributed by atoms with Crippen LogP contribution in [0.3, 0.4) is 0 Å². The lowest BCUT2D eigenvalue weighted by Crippen LogP contribution is -2.52. The Balaban J connectivity index is 3.03. The quantitative estimate of drug-likeness (QED) is 0.742. The van der Waals surface area contributed by atoms with E-state index < -0.39 is 0 Å². The van der Waals surface area contributed by atoms with E-state index in [-0.39, 0.29) is 12.3 Å². The highest BCUT2D eigenvalue weighted by molar-refractivity contribution is 5.52. The van der Waals surface area contributed by atoms with Gasteiger partial charge in [0.1, 0.15) is 5.75 Å². The summed E-state index contributed by atoms with van der Waals surface area (Å²) in [5.74, 6) is 0.819. The van der Waals surface area contributed by atoms with Crippen LogP contribution >= 0.6 is 0 Å². The molecule has 4 nitrogen and oxygen atoms in total. The van der Waals surface area contributed by atoms with Gasteiger partial charge in [-0.3, -0.25) is 0 Å². The van der Waals surface area contributed by atoms with Crippen LogP contribution in [0.2, 0.25) is 0 Å². The molecule has 0 radical (unpaired) electrons. The molecule has 0 aliphatic rings. The van der Waals surface area contributed by atoms with E-state index in [9.17, 15) is 0 Å². The molecule has 1 aromatic carbocycles. The summed E-state index contributed by atoms with van der Waals surface area (Å²) in [5.41, 5.74) is 13.3. The van der Waals surface area contributed by atoms with Gasteiger partial charge in [0.25, 0.3) is 0 Å². The number of anilines is 1. The fraction of sp³-hybridized carbons (Fsp3) is 0.538. The summed E-state index contributed by atoms with van der Waals surface area (Å²) in [6.45, 7) is 4.11. The Hall–Kier alpha value is -1.26. The molecule has 0 aliphatic heterocycles. The average molecular weight is 237 g/mol. The summed E-state index contributed by atoms with van der Waals surface area (Å²) in [4.78, 5) is 2.04. The zero-order valence-electron chi connectivity index (χ0n) is 10.9. The first-order valence-electron chi connectivity index (χ1n) is 6.07. The van der Waals surface area contributed by atoms with Crippen LogP contribution in [0.4, 0.5) is 5.69 Å². The minimum absolute atomic E-state index is 0.0722. The van der Waals surface area contributed by atoms with Crippen LogP contribution in [0.25, 0.3) is 0 Å². The third kappa shape index (κ3) is 3.35. The average Bonchev–Trinajstić information content (AvgIpc) is 2.38. The number of nitrogens with two attached hydrogens (primary N) is 2. The molecule has 0 aliphatic carbocycles. The van der Waals surface area contributed by atoms with Crippen molar-refractivity contribution in [2.75, 3.05) is 12.0 Å². The van der Waals surface area contributed by atoms with Gasteiger partial charge in [0.15, 0.2) is 0 Å². The summed E-state index contributed by atoms with van der Waals surface area (Å²) in [6.07, 6.45) is 1.56. The number of ether oxygens (including phenoxy) is 1. The molecule has 2 atom stereocenters. The summed E-state index contributed by atoms with van der Waals surface area (Å²) in [7, 11) is 1.66. The number of benzene rings is 1. The van der Waals surface area contributed by atoms with Gasteiger partial charge in [-0.05, 0) is 25.0 Å². The highest BCUT2D eigenvalue weighted by Crippen LogP contribution is 2.24. The van der Waals surface area contributed by atoms with Crippen molar-refractivity contribution >= 4 is 5.69 Å². The number of nitrogens with zero attached hydrogens (tertiary/aromatic N) is 1. The van der Waals surface area contributed by atoms with Gasteiger partial charge in [0, 0.05) is 11.8 Å². The van der Waals surface area contributed by atoms with Crippen LogP contribution < -0.4 is 21.1 Å². The van der Waals surface area contributed by atoms with E-state index in [1.807, 2.05) is 29.2 Å². The first-order chi connectivity index (χ1) is 8.13.